The molecule has 1 aromatic carbocycles. The van der Waals surface area contributed by atoms with E-state index in [0.717, 1.165) is 10.0 Å². The van der Waals surface area contributed by atoms with Crippen LogP contribution in [0.15, 0.2) is 28.7 Å². The van der Waals surface area contributed by atoms with Gasteiger partial charge in [0, 0.05) is 17.6 Å². The van der Waals surface area contributed by atoms with Crippen LogP contribution in [0, 0.1) is 11.3 Å². The summed E-state index contributed by atoms with van der Waals surface area (Å²) >= 11 is 3.34. The summed E-state index contributed by atoms with van der Waals surface area (Å²) < 4.78 is 38.9. The van der Waals surface area contributed by atoms with Crippen LogP contribution in [0.2, 0.25) is 0 Å². The maximum atomic E-state index is 12.7. The largest absolute Gasteiger partial charge is 0.399 e. The Morgan fingerprint density at radius 2 is 2.00 bits per heavy atom. The number of nitrogens with two attached hydrogens (primary N) is 1. The summed E-state index contributed by atoms with van der Waals surface area (Å²) in [6.07, 6.45) is -4.49. The summed E-state index contributed by atoms with van der Waals surface area (Å²) in [4.78, 5) is 1.50. The van der Waals surface area contributed by atoms with E-state index in [4.69, 9.17) is 11.1 Å². The second-order valence-electron chi connectivity index (χ2n) is 4.34. The Hall–Kier alpha value is -1.08. The van der Waals surface area contributed by atoms with Crippen LogP contribution in [0.5, 0.6) is 0 Å². The van der Waals surface area contributed by atoms with Gasteiger partial charge in [0.2, 0.25) is 0 Å². The summed E-state index contributed by atoms with van der Waals surface area (Å²) in [5, 5.41) is 7.04. The fraction of sp³-hybridized carbons (Fsp3) is 0.417. The van der Waals surface area contributed by atoms with Crippen molar-refractivity contribution in [1.29, 1.82) is 5.41 Å². The lowest BCUT2D eigenvalue weighted by atomic mass is 10.1. The van der Waals surface area contributed by atoms with Crippen LogP contribution in [-0.4, -0.2) is 30.5 Å². The Morgan fingerprint density at radius 1 is 1.42 bits per heavy atom. The predicted molar refractivity (Wildman–Crippen MR) is 71.9 cm³/mol. The third-order valence-electron chi connectivity index (χ3n) is 2.66. The topological polar surface area (TPSA) is 53.1 Å². The fourth-order valence-electron chi connectivity index (χ4n) is 1.67. The molecule has 19 heavy (non-hydrogen) atoms. The molecule has 0 saturated heterocycles. The van der Waals surface area contributed by atoms with Crippen molar-refractivity contribution in [3.05, 3.63) is 34.3 Å². The zero-order valence-electron chi connectivity index (χ0n) is 10.3. The molecule has 7 heteroatoms. The van der Waals surface area contributed by atoms with E-state index in [0.29, 0.717) is 6.54 Å². The van der Waals surface area contributed by atoms with Gasteiger partial charge >= 0.3 is 6.18 Å². The first kappa shape index (κ1) is 16.0. The maximum absolute atomic E-state index is 12.7. The van der Waals surface area contributed by atoms with Crippen molar-refractivity contribution < 1.29 is 13.2 Å². The van der Waals surface area contributed by atoms with E-state index < -0.39 is 17.9 Å². The van der Waals surface area contributed by atoms with Gasteiger partial charge in [-0.1, -0.05) is 34.1 Å². The molecule has 1 aromatic rings. The highest BCUT2D eigenvalue weighted by Gasteiger charge is 2.42. The van der Waals surface area contributed by atoms with Gasteiger partial charge in [-0.3, -0.25) is 5.41 Å². The second kappa shape index (κ2) is 6.38. The molecule has 106 valence electrons. The molecule has 0 heterocycles. The first-order valence-electron chi connectivity index (χ1n) is 5.54. The first-order chi connectivity index (χ1) is 8.71. The monoisotopic (exact) mass is 337 g/mol. The number of nitrogens with zero attached hydrogens (tertiary/aromatic N) is 1. The van der Waals surface area contributed by atoms with Gasteiger partial charge in [-0.25, -0.2) is 0 Å². The van der Waals surface area contributed by atoms with Gasteiger partial charge in [-0.05, 0) is 18.7 Å². The molecule has 1 atom stereocenters. The standard InChI is InChI=1S/C12H15BrF3N3/c1-19(6-8-4-2-3-5-10(8)13)7-9(11(17)18)12(14,15)16/h2-5,9H,6-7H2,1H3,(H3,17,18). The van der Waals surface area contributed by atoms with E-state index in [1.54, 1.807) is 7.05 Å². The average molecular weight is 338 g/mol. The summed E-state index contributed by atoms with van der Waals surface area (Å²) in [5.41, 5.74) is 5.91. The van der Waals surface area contributed by atoms with E-state index >= 15 is 0 Å². The van der Waals surface area contributed by atoms with Crippen LogP contribution < -0.4 is 5.73 Å². The van der Waals surface area contributed by atoms with Crippen LogP contribution in [0.1, 0.15) is 5.56 Å². The summed E-state index contributed by atoms with van der Waals surface area (Å²) in [7, 11) is 1.57. The molecule has 1 unspecified atom stereocenters. The molecule has 0 amide bonds. The Morgan fingerprint density at radius 3 is 2.47 bits per heavy atom. The number of hydrogen-bond donors (Lipinski definition) is 2. The smallest absolute Gasteiger partial charge is 0.387 e. The van der Waals surface area contributed by atoms with Gasteiger partial charge in [-0.15, -0.1) is 0 Å². The lowest BCUT2D eigenvalue weighted by molar-refractivity contribution is -0.159. The minimum atomic E-state index is -4.49. The molecule has 0 aliphatic heterocycles. The number of hydrogen-bond acceptors (Lipinski definition) is 2. The zero-order valence-corrected chi connectivity index (χ0v) is 11.9. The molecular formula is C12H15BrF3N3. The van der Waals surface area contributed by atoms with Crippen LogP contribution in [0.4, 0.5) is 13.2 Å². The summed E-state index contributed by atoms with van der Waals surface area (Å²) in [5.74, 6) is -2.79. The lowest BCUT2D eigenvalue weighted by Gasteiger charge is -2.25. The highest BCUT2D eigenvalue weighted by atomic mass is 79.9. The predicted octanol–water partition coefficient (Wildman–Crippen LogP) is 3.00. The first-order valence-corrected chi connectivity index (χ1v) is 6.33. The van der Waals surface area contributed by atoms with Crippen molar-refractivity contribution in [1.82, 2.24) is 4.90 Å². The molecular weight excluding hydrogens is 323 g/mol. The second-order valence-corrected chi connectivity index (χ2v) is 5.19. The van der Waals surface area contributed by atoms with Gasteiger partial charge in [-0.2, -0.15) is 13.2 Å². The molecule has 0 aromatic heterocycles. The number of nitrogens with one attached hydrogen (secondary N) is 1. The van der Waals surface area contributed by atoms with Gasteiger partial charge in [0.25, 0.3) is 0 Å². The van der Waals surface area contributed by atoms with E-state index in [1.807, 2.05) is 24.3 Å². The van der Waals surface area contributed by atoms with E-state index in [1.165, 1.54) is 4.90 Å². The van der Waals surface area contributed by atoms with Crippen LogP contribution >= 0.6 is 15.9 Å². The van der Waals surface area contributed by atoms with Crippen molar-refractivity contribution >= 4 is 21.8 Å². The summed E-state index contributed by atoms with van der Waals surface area (Å²) in [6, 6.07) is 7.31. The quantitative estimate of drug-likeness (QED) is 0.641. The molecule has 0 bridgehead atoms. The third kappa shape index (κ3) is 4.83. The van der Waals surface area contributed by atoms with Crippen molar-refractivity contribution in [2.24, 2.45) is 11.7 Å². The normalized spacial score (nSPS) is 13.6. The molecule has 1 rings (SSSR count). The highest BCUT2D eigenvalue weighted by molar-refractivity contribution is 9.10. The Bertz CT molecular complexity index is 448. The van der Waals surface area contributed by atoms with Crippen molar-refractivity contribution in [2.75, 3.05) is 13.6 Å². The van der Waals surface area contributed by atoms with Gasteiger partial charge < -0.3 is 10.6 Å². The van der Waals surface area contributed by atoms with Crippen LogP contribution in [-0.2, 0) is 6.54 Å². The number of halogens is 4. The Balaban J connectivity index is 2.71. The fourth-order valence-corrected chi connectivity index (χ4v) is 2.08. The highest BCUT2D eigenvalue weighted by Crippen LogP contribution is 2.27. The number of rotatable bonds is 5. The Kier molecular flexibility index (Phi) is 5.37. The molecule has 0 aliphatic rings. The molecule has 0 fully saturated rings. The van der Waals surface area contributed by atoms with E-state index in [2.05, 4.69) is 15.9 Å². The molecule has 0 spiro atoms. The lowest BCUT2D eigenvalue weighted by Crippen LogP contribution is -2.42. The van der Waals surface area contributed by atoms with Crippen molar-refractivity contribution in [3.63, 3.8) is 0 Å². The van der Waals surface area contributed by atoms with E-state index in [9.17, 15) is 13.2 Å². The van der Waals surface area contributed by atoms with Gasteiger partial charge in [0.15, 0.2) is 0 Å². The Labute approximate surface area is 118 Å². The number of alkyl halides is 3. The number of amidine groups is 1. The van der Waals surface area contributed by atoms with Crippen molar-refractivity contribution in [2.45, 2.75) is 12.7 Å². The van der Waals surface area contributed by atoms with E-state index in [-0.39, 0.29) is 6.54 Å². The van der Waals surface area contributed by atoms with Crippen molar-refractivity contribution in [3.8, 4) is 0 Å². The molecule has 0 radical (unpaired) electrons. The number of benzene rings is 1. The molecule has 0 saturated carbocycles. The third-order valence-corrected chi connectivity index (χ3v) is 3.44. The minimum absolute atomic E-state index is 0.333. The molecule has 3 nitrogen and oxygen atoms in total. The summed E-state index contributed by atoms with van der Waals surface area (Å²) in [6.45, 7) is 0.0153. The average Bonchev–Trinajstić information content (AvgIpc) is 2.27. The molecule has 0 aliphatic carbocycles. The SMILES string of the molecule is CN(Cc1ccccc1Br)CC(C(=N)N)C(F)(F)F. The van der Waals surface area contributed by atoms with Crippen LogP contribution in [0.3, 0.4) is 0 Å². The van der Waals surface area contributed by atoms with Crippen LogP contribution in [0.25, 0.3) is 0 Å². The maximum Gasteiger partial charge on any atom is 0.399 e. The zero-order chi connectivity index (χ0) is 14.6. The minimum Gasteiger partial charge on any atom is -0.387 e. The van der Waals surface area contributed by atoms with Gasteiger partial charge in [0.1, 0.15) is 11.8 Å². The van der Waals surface area contributed by atoms with Gasteiger partial charge in [0.05, 0.1) is 0 Å². The molecule has 3 N–H and O–H groups in total.